The zero-order valence-corrected chi connectivity index (χ0v) is 13.6. The number of nitrogens with one attached hydrogen (secondary N) is 1. The zero-order chi connectivity index (χ0) is 16.8. The Morgan fingerprint density at radius 2 is 2.17 bits per heavy atom. The van der Waals surface area contributed by atoms with E-state index in [1.807, 2.05) is 30.3 Å². The van der Waals surface area contributed by atoms with Crippen LogP contribution in [0.15, 0.2) is 34.9 Å². The van der Waals surface area contributed by atoms with Crippen LogP contribution < -0.4 is 11.1 Å². The third kappa shape index (κ3) is 4.18. The van der Waals surface area contributed by atoms with Crippen molar-refractivity contribution >= 4 is 5.91 Å². The van der Waals surface area contributed by atoms with E-state index >= 15 is 0 Å². The van der Waals surface area contributed by atoms with Gasteiger partial charge in [0.25, 0.3) is 5.91 Å². The minimum atomic E-state index is -0.0360. The summed E-state index contributed by atoms with van der Waals surface area (Å²) in [7, 11) is 0. The van der Waals surface area contributed by atoms with E-state index in [-0.39, 0.29) is 18.5 Å². The molecule has 1 aromatic carbocycles. The maximum Gasteiger partial charge on any atom is 0.251 e. The van der Waals surface area contributed by atoms with E-state index in [1.165, 1.54) is 6.42 Å². The Kier molecular flexibility index (Phi) is 5.55. The van der Waals surface area contributed by atoms with Gasteiger partial charge in [0.05, 0.1) is 13.1 Å². The molecule has 0 spiro atoms. The SMILES string of the molecule is NCc1nc(CN2CCCCC2CNC(=O)c2ccccc2)no1. The van der Waals surface area contributed by atoms with E-state index < -0.39 is 0 Å². The molecule has 1 saturated heterocycles. The van der Waals surface area contributed by atoms with Crippen molar-refractivity contribution in [2.24, 2.45) is 5.73 Å². The smallest absolute Gasteiger partial charge is 0.251 e. The summed E-state index contributed by atoms with van der Waals surface area (Å²) in [5.74, 6) is 1.07. The Labute approximate surface area is 141 Å². The number of benzene rings is 1. The predicted molar refractivity (Wildman–Crippen MR) is 89.0 cm³/mol. The van der Waals surface area contributed by atoms with Crippen LogP contribution in [0, 0.1) is 0 Å². The van der Waals surface area contributed by atoms with Gasteiger partial charge in [-0.2, -0.15) is 4.98 Å². The van der Waals surface area contributed by atoms with Gasteiger partial charge in [0, 0.05) is 18.2 Å². The Hall–Kier alpha value is -2.25. The fourth-order valence-corrected chi connectivity index (χ4v) is 3.02. The van der Waals surface area contributed by atoms with Crippen LogP contribution in [0.3, 0.4) is 0 Å². The molecule has 1 atom stereocenters. The van der Waals surface area contributed by atoms with E-state index in [2.05, 4.69) is 20.4 Å². The van der Waals surface area contributed by atoms with Gasteiger partial charge in [-0.15, -0.1) is 0 Å². The van der Waals surface area contributed by atoms with Crippen molar-refractivity contribution in [3.63, 3.8) is 0 Å². The summed E-state index contributed by atoms with van der Waals surface area (Å²) in [6.07, 6.45) is 3.37. The van der Waals surface area contributed by atoms with Gasteiger partial charge >= 0.3 is 0 Å². The summed E-state index contributed by atoms with van der Waals surface area (Å²) in [6, 6.07) is 9.56. The average molecular weight is 329 g/mol. The van der Waals surface area contributed by atoms with Gasteiger partial charge in [-0.25, -0.2) is 0 Å². The van der Waals surface area contributed by atoms with Crippen molar-refractivity contribution in [1.82, 2.24) is 20.4 Å². The highest BCUT2D eigenvalue weighted by atomic mass is 16.5. The fourth-order valence-electron chi connectivity index (χ4n) is 3.02. The Bertz CT molecular complexity index is 658. The van der Waals surface area contributed by atoms with Crippen LogP contribution in [0.4, 0.5) is 0 Å². The van der Waals surface area contributed by atoms with Crippen molar-refractivity contribution < 1.29 is 9.32 Å². The summed E-state index contributed by atoms with van der Waals surface area (Å²) in [6.45, 7) is 2.46. The fraction of sp³-hybridized carbons (Fsp3) is 0.471. The highest BCUT2D eigenvalue weighted by molar-refractivity contribution is 5.94. The topological polar surface area (TPSA) is 97.3 Å². The number of carbonyl (C=O) groups excluding carboxylic acids is 1. The molecule has 3 rings (SSSR count). The molecule has 1 unspecified atom stereocenters. The van der Waals surface area contributed by atoms with Crippen molar-refractivity contribution in [3.8, 4) is 0 Å². The minimum Gasteiger partial charge on any atom is -0.350 e. The lowest BCUT2D eigenvalue weighted by Crippen LogP contribution is -2.46. The van der Waals surface area contributed by atoms with Gasteiger partial charge in [-0.1, -0.05) is 29.8 Å². The number of hydrogen-bond donors (Lipinski definition) is 2. The van der Waals surface area contributed by atoms with Gasteiger partial charge in [0.1, 0.15) is 0 Å². The van der Waals surface area contributed by atoms with E-state index in [4.69, 9.17) is 10.3 Å². The lowest BCUT2D eigenvalue weighted by Gasteiger charge is -2.34. The Morgan fingerprint density at radius 3 is 2.92 bits per heavy atom. The van der Waals surface area contributed by atoms with Crippen LogP contribution in [-0.4, -0.2) is 40.1 Å². The second kappa shape index (κ2) is 8.03. The second-order valence-electron chi connectivity index (χ2n) is 6.00. The largest absolute Gasteiger partial charge is 0.350 e. The van der Waals surface area contributed by atoms with Gasteiger partial charge < -0.3 is 15.6 Å². The van der Waals surface area contributed by atoms with Crippen LogP contribution in [0.25, 0.3) is 0 Å². The molecule has 24 heavy (non-hydrogen) atoms. The molecule has 1 fully saturated rings. The molecule has 128 valence electrons. The normalized spacial score (nSPS) is 18.5. The van der Waals surface area contributed by atoms with Crippen LogP contribution in [0.5, 0.6) is 0 Å². The molecule has 7 nitrogen and oxygen atoms in total. The summed E-state index contributed by atoms with van der Waals surface area (Å²) < 4.78 is 5.06. The van der Waals surface area contributed by atoms with Crippen LogP contribution in [-0.2, 0) is 13.1 Å². The van der Waals surface area contributed by atoms with Gasteiger partial charge in [0.2, 0.25) is 5.89 Å². The number of piperidine rings is 1. The first-order chi connectivity index (χ1) is 11.8. The molecule has 3 N–H and O–H groups in total. The summed E-state index contributed by atoms with van der Waals surface area (Å²) >= 11 is 0. The predicted octanol–water partition coefficient (Wildman–Crippen LogP) is 1.31. The monoisotopic (exact) mass is 329 g/mol. The second-order valence-corrected chi connectivity index (χ2v) is 6.00. The third-order valence-corrected chi connectivity index (χ3v) is 4.31. The van der Waals surface area contributed by atoms with Crippen molar-refractivity contribution in [2.75, 3.05) is 13.1 Å². The number of nitrogens with zero attached hydrogens (tertiary/aromatic N) is 3. The van der Waals surface area contributed by atoms with Crippen LogP contribution >= 0.6 is 0 Å². The number of nitrogens with two attached hydrogens (primary N) is 1. The Morgan fingerprint density at radius 1 is 1.33 bits per heavy atom. The number of hydrogen-bond acceptors (Lipinski definition) is 6. The molecular weight excluding hydrogens is 306 g/mol. The average Bonchev–Trinajstić information content (AvgIpc) is 3.09. The number of amides is 1. The molecule has 1 aliphatic rings. The lowest BCUT2D eigenvalue weighted by atomic mass is 10.0. The summed E-state index contributed by atoms with van der Waals surface area (Å²) in [5, 5.41) is 7.00. The first kappa shape index (κ1) is 16.6. The van der Waals surface area contributed by atoms with E-state index in [0.717, 1.165) is 19.4 Å². The molecule has 0 saturated carbocycles. The number of likely N-dealkylation sites (tertiary alicyclic amines) is 1. The maximum atomic E-state index is 12.2. The first-order valence-corrected chi connectivity index (χ1v) is 8.35. The van der Waals surface area contributed by atoms with Gasteiger partial charge in [-0.3, -0.25) is 9.69 Å². The standard InChI is InChI=1S/C17H23N5O2/c18-10-16-20-15(21-24-16)12-22-9-5-4-8-14(22)11-19-17(23)13-6-2-1-3-7-13/h1-3,6-7,14H,4-5,8-12,18H2,(H,19,23). The van der Waals surface area contributed by atoms with Crippen LogP contribution in [0.2, 0.25) is 0 Å². The van der Waals surface area contributed by atoms with Crippen LogP contribution in [0.1, 0.15) is 41.3 Å². The van der Waals surface area contributed by atoms with Crippen molar-refractivity contribution in [2.45, 2.75) is 38.4 Å². The van der Waals surface area contributed by atoms with Crippen molar-refractivity contribution in [3.05, 3.63) is 47.6 Å². The molecule has 7 heteroatoms. The molecule has 0 aliphatic carbocycles. The highest BCUT2D eigenvalue weighted by Gasteiger charge is 2.24. The lowest BCUT2D eigenvalue weighted by molar-refractivity contribution is 0.0904. The molecule has 1 amide bonds. The molecule has 2 aromatic rings. The molecule has 2 heterocycles. The molecule has 0 bridgehead atoms. The minimum absolute atomic E-state index is 0.0360. The first-order valence-electron chi connectivity index (χ1n) is 8.35. The maximum absolute atomic E-state index is 12.2. The number of rotatable bonds is 6. The summed E-state index contributed by atoms with van der Waals surface area (Å²) in [5.41, 5.74) is 6.19. The van der Waals surface area contributed by atoms with Gasteiger partial charge in [-0.05, 0) is 31.5 Å². The van der Waals surface area contributed by atoms with Gasteiger partial charge in [0.15, 0.2) is 5.82 Å². The van der Waals surface area contributed by atoms with E-state index in [9.17, 15) is 4.79 Å². The third-order valence-electron chi connectivity index (χ3n) is 4.31. The van der Waals surface area contributed by atoms with E-state index in [1.54, 1.807) is 0 Å². The molecule has 1 aliphatic heterocycles. The zero-order valence-electron chi connectivity index (χ0n) is 13.6. The van der Waals surface area contributed by atoms with Crippen molar-refractivity contribution in [1.29, 1.82) is 0 Å². The molecule has 0 radical (unpaired) electrons. The molecule has 1 aromatic heterocycles. The number of aromatic nitrogens is 2. The Balaban J connectivity index is 1.57. The highest BCUT2D eigenvalue weighted by Crippen LogP contribution is 2.18. The van der Waals surface area contributed by atoms with E-state index in [0.29, 0.717) is 30.4 Å². The molecular formula is C17H23N5O2. The summed E-state index contributed by atoms with van der Waals surface area (Å²) in [4.78, 5) is 18.8. The quantitative estimate of drug-likeness (QED) is 0.829. The number of carbonyl (C=O) groups is 1.